The van der Waals surface area contributed by atoms with Crippen LogP contribution < -0.4 is 4.89 Å². The Morgan fingerprint density at radius 3 is 1.48 bits per heavy atom. The molecule has 60 heavy (non-hydrogen) atoms. The lowest BCUT2D eigenvalue weighted by Crippen LogP contribution is -2.37. The number of carbonyl (C=O) groups excluding carboxylic acids is 2. The predicted molar refractivity (Wildman–Crippen MR) is 249 cm³/mol. The molecule has 0 aliphatic rings. The largest absolute Gasteiger partial charge is 0.756 e. The fraction of sp³-hybridized carbons (Fsp3) is 0.640. The lowest BCUT2D eigenvalue weighted by molar-refractivity contribution is -0.870. The van der Waals surface area contributed by atoms with Crippen LogP contribution >= 0.6 is 7.82 Å². The number of rotatable bonds is 40. The van der Waals surface area contributed by atoms with Crippen LogP contribution in [0.3, 0.4) is 0 Å². The second-order valence-corrected chi connectivity index (χ2v) is 17.4. The molecule has 10 heteroatoms. The zero-order chi connectivity index (χ0) is 44.3. The van der Waals surface area contributed by atoms with E-state index in [1.54, 1.807) is 0 Å². The summed E-state index contributed by atoms with van der Waals surface area (Å²) in [6.07, 6.45) is 54.6. The third-order valence-corrected chi connectivity index (χ3v) is 10.1. The van der Waals surface area contributed by atoms with Crippen LogP contribution in [0.5, 0.6) is 0 Å². The molecule has 0 saturated heterocycles. The first kappa shape index (κ1) is 56.9. The molecule has 0 heterocycles. The molecule has 0 fully saturated rings. The van der Waals surface area contributed by atoms with Gasteiger partial charge in [-0.25, -0.2) is 0 Å². The molecule has 0 aromatic heterocycles. The van der Waals surface area contributed by atoms with Crippen molar-refractivity contribution in [3.8, 4) is 0 Å². The van der Waals surface area contributed by atoms with Crippen molar-refractivity contribution in [1.82, 2.24) is 0 Å². The van der Waals surface area contributed by atoms with Crippen LogP contribution in [-0.4, -0.2) is 70.0 Å². The van der Waals surface area contributed by atoms with Gasteiger partial charge in [0.25, 0.3) is 7.82 Å². The molecule has 0 bridgehead atoms. The van der Waals surface area contributed by atoms with Crippen LogP contribution in [0.25, 0.3) is 0 Å². The molecule has 2 atom stereocenters. The summed E-state index contributed by atoms with van der Waals surface area (Å²) >= 11 is 0. The van der Waals surface area contributed by atoms with Gasteiger partial charge < -0.3 is 27.9 Å². The van der Waals surface area contributed by atoms with Gasteiger partial charge in [-0.2, -0.15) is 0 Å². The van der Waals surface area contributed by atoms with Crippen LogP contribution in [0.15, 0.2) is 97.2 Å². The van der Waals surface area contributed by atoms with Gasteiger partial charge in [-0.3, -0.25) is 14.2 Å². The first-order valence-corrected chi connectivity index (χ1v) is 24.4. The van der Waals surface area contributed by atoms with Gasteiger partial charge in [0.15, 0.2) is 6.10 Å². The number of unbranched alkanes of at least 4 members (excludes halogenated alkanes) is 10. The average molecular weight is 858 g/mol. The van der Waals surface area contributed by atoms with E-state index in [9.17, 15) is 19.0 Å². The number of quaternary nitrogens is 1. The van der Waals surface area contributed by atoms with Crippen LogP contribution in [0.4, 0.5) is 0 Å². The molecule has 0 radical (unpaired) electrons. The van der Waals surface area contributed by atoms with Gasteiger partial charge in [-0.05, 0) is 77.0 Å². The molecular formula is C50H84NO8P. The van der Waals surface area contributed by atoms with Gasteiger partial charge in [0.1, 0.15) is 19.8 Å². The normalized spacial score (nSPS) is 14.4. The molecule has 0 N–H and O–H groups in total. The van der Waals surface area contributed by atoms with E-state index in [0.717, 1.165) is 51.4 Å². The van der Waals surface area contributed by atoms with Crippen LogP contribution in [0.2, 0.25) is 0 Å². The zero-order valence-electron chi connectivity index (χ0n) is 38.4. The lowest BCUT2D eigenvalue weighted by Gasteiger charge is -2.28. The number of carbonyl (C=O) groups is 2. The smallest absolute Gasteiger partial charge is 0.306 e. The molecule has 9 nitrogen and oxygen atoms in total. The van der Waals surface area contributed by atoms with E-state index >= 15 is 0 Å². The van der Waals surface area contributed by atoms with Crippen LogP contribution in [0, 0.1) is 0 Å². The van der Waals surface area contributed by atoms with Gasteiger partial charge in [-0.1, -0.05) is 162 Å². The van der Waals surface area contributed by atoms with Crippen molar-refractivity contribution < 1.29 is 42.1 Å². The first-order chi connectivity index (χ1) is 29.0. The van der Waals surface area contributed by atoms with E-state index in [0.29, 0.717) is 30.3 Å². The number of allylic oxidation sites excluding steroid dienone is 16. The Bertz CT molecular complexity index is 1340. The SMILES string of the molecule is CC/C=C/C/C=C/C/C=C/C/C=C/C/C=C/C/C=C/CCC(=O)OC[C@H](COP(=O)([O-])OCC[N+](C)(C)C)OC(=O)CCC/C=C/C/C=C/CCCCCCCCCCC. The summed E-state index contributed by atoms with van der Waals surface area (Å²) in [6.45, 7) is 3.96. The average Bonchev–Trinajstić information content (AvgIpc) is 3.20. The van der Waals surface area contributed by atoms with E-state index < -0.39 is 32.5 Å². The topological polar surface area (TPSA) is 111 Å². The predicted octanol–water partition coefficient (Wildman–Crippen LogP) is 12.7. The van der Waals surface area contributed by atoms with Gasteiger partial charge in [0.2, 0.25) is 0 Å². The number of esters is 2. The van der Waals surface area contributed by atoms with Gasteiger partial charge in [0, 0.05) is 12.8 Å². The maximum atomic E-state index is 12.7. The second-order valence-electron chi connectivity index (χ2n) is 16.0. The van der Waals surface area contributed by atoms with E-state index in [4.69, 9.17) is 18.5 Å². The molecule has 0 aromatic rings. The van der Waals surface area contributed by atoms with Crippen molar-refractivity contribution in [3.05, 3.63) is 97.2 Å². The summed E-state index contributed by atoms with van der Waals surface area (Å²) < 4.78 is 33.8. The molecule has 342 valence electrons. The first-order valence-electron chi connectivity index (χ1n) is 22.9. The number of phosphoric acid groups is 1. The number of likely N-dealkylation sites (N-methyl/N-ethyl adjacent to an activating group) is 1. The second kappa shape index (κ2) is 41.3. The third-order valence-electron chi connectivity index (χ3n) is 9.10. The minimum absolute atomic E-state index is 0.0546. The van der Waals surface area contributed by atoms with Crippen molar-refractivity contribution in [2.75, 3.05) is 47.5 Å². The summed E-state index contributed by atoms with van der Waals surface area (Å²) in [5.74, 6) is -0.994. The highest BCUT2D eigenvalue weighted by Gasteiger charge is 2.21. The van der Waals surface area contributed by atoms with Crippen LogP contribution in [-0.2, 0) is 32.7 Å². The summed E-state index contributed by atoms with van der Waals surface area (Å²) in [5, 5.41) is 0. The van der Waals surface area contributed by atoms with E-state index in [1.807, 2.05) is 33.3 Å². The van der Waals surface area contributed by atoms with Crippen molar-refractivity contribution in [1.29, 1.82) is 0 Å². The van der Waals surface area contributed by atoms with Gasteiger partial charge >= 0.3 is 11.9 Å². The maximum absolute atomic E-state index is 12.7. The quantitative estimate of drug-likeness (QED) is 0.0197. The molecule has 1 unspecified atom stereocenters. The highest BCUT2D eigenvalue weighted by Crippen LogP contribution is 2.38. The summed E-state index contributed by atoms with van der Waals surface area (Å²) in [5.41, 5.74) is 0. The third kappa shape index (κ3) is 44.5. The molecule has 0 rings (SSSR count). The molecule has 0 aliphatic carbocycles. The minimum atomic E-state index is -4.66. The minimum Gasteiger partial charge on any atom is -0.756 e. The fourth-order valence-electron chi connectivity index (χ4n) is 5.54. The zero-order valence-corrected chi connectivity index (χ0v) is 39.3. The highest BCUT2D eigenvalue weighted by molar-refractivity contribution is 7.45. The fourth-order valence-corrected chi connectivity index (χ4v) is 6.27. The van der Waals surface area contributed by atoms with Crippen molar-refractivity contribution in [2.45, 2.75) is 161 Å². The Hall–Kier alpha value is -3.07. The van der Waals surface area contributed by atoms with Crippen molar-refractivity contribution in [3.63, 3.8) is 0 Å². The standard InChI is InChI=1S/C50H84NO8P/c1-6-8-10-12-14-16-18-20-22-24-25-27-28-30-32-34-36-38-40-42-49(52)56-46-48(47-58-60(54,55)57-45-44-51(3,4)5)59-50(53)43-41-39-37-35-33-31-29-26-23-21-19-17-15-13-11-9-7-2/h8,10,14,16,20,22,25,27,29-32,35-38,48H,6-7,9,11-13,15,17-19,21,23-24,26,28,33-34,39-47H2,1-5H3/b10-8+,16-14+,22-20+,27-25+,31-29+,32-30+,37-35+,38-36+/t48-/m1/s1. The Morgan fingerprint density at radius 1 is 0.533 bits per heavy atom. The number of hydrogen-bond acceptors (Lipinski definition) is 8. The molecule has 0 spiro atoms. The monoisotopic (exact) mass is 858 g/mol. The molecule has 0 aromatic carbocycles. The molecule has 0 aliphatic heterocycles. The lowest BCUT2D eigenvalue weighted by atomic mass is 10.1. The van der Waals surface area contributed by atoms with Crippen molar-refractivity contribution in [2.24, 2.45) is 0 Å². The summed E-state index contributed by atoms with van der Waals surface area (Å²) in [6, 6.07) is 0. The van der Waals surface area contributed by atoms with Gasteiger partial charge in [-0.15, -0.1) is 0 Å². The Balaban J connectivity index is 4.54. The highest BCUT2D eigenvalue weighted by atomic mass is 31.2. The molecule has 0 saturated carbocycles. The maximum Gasteiger partial charge on any atom is 0.306 e. The Morgan fingerprint density at radius 2 is 0.983 bits per heavy atom. The molecule has 0 amide bonds. The number of nitrogens with zero attached hydrogens (tertiary/aromatic N) is 1. The van der Waals surface area contributed by atoms with Gasteiger partial charge in [0.05, 0.1) is 27.7 Å². The summed E-state index contributed by atoms with van der Waals surface area (Å²) in [7, 11) is 1.09. The summed E-state index contributed by atoms with van der Waals surface area (Å²) in [4.78, 5) is 37.5. The van der Waals surface area contributed by atoms with E-state index in [2.05, 4.69) is 98.9 Å². The molecular weight excluding hydrogens is 774 g/mol. The number of phosphoric ester groups is 1. The van der Waals surface area contributed by atoms with Crippen molar-refractivity contribution >= 4 is 19.8 Å². The Labute approximate surface area is 366 Å². The number of hydrogen-bond donors (Lipinski definition) is 0. The van der Waals surface area contributed by atoms with E-state index in [1.165, 1.54) is 57.8 Å². The van der Waals surface area contributed by atoms with Crippen LogP contribution in [0.1, 0.15) is 155 Å². The van der Waals surface area contributed by atoms with E-state index in [-0.39, 0.29) is 26.1 Å². The number of ether oxygens (including phenoxy) is 2. The Kier molecular flexibility index (Phi) is 39.2.